The monoisotopic (exact) mass is 357 g/mol. The summed E-state index contributed by atoms with van der Waals surface area (Å²) < 4.78 is 9.14. The van der Waals surface area contributed by atoms with E-state index < -0.39 is 0 Å². The molecule has 5 heteroatoms. The number of aromatic nitrogens is 2. The second-order valence-corrected chi connectivity index (χ2v) is 7.26. The molecule has 0 radical (unpaired) electrons. The van der Waals surface area contributed by atoms with Crippen molar-refractivity contribution in [3.63, 3.8) is 0 Å². The molecule has 120 valence electrons. The maximum absolute atomic E-state index is 6.03. The predicted molar refractivity (Wildman–Crippen MR) is 89.6 cm³/mol. The number of aryl methyl sites for hydroxylation is 2. The van der Waals surface area contributed by atoms with Gasteiger partial charge in [-0.2, -0.15) is 5.10 Å². The lowest BCUT2D eigenvalue weighted by Gasteiger charge is -2.44. The molecule has 0 amide bonds. The third-order valence-electron chi connectivity index (χ3n) is 5.17. The Hall–Kier alpha value is -0.390. The van der Waals surface area contributed by atoms with Crippen LogP contribution >= 0.6 is 15.9 Å². The van der Waals surface area contributed by atoms with Gasteiger partial charge in [0.05, 0.1) is 21.5 Å². The van der Waals surface area contributed by atoms with Crippen molar-refractivity contribution >= 4 is 15.9 Å². The van der Waals surface area contributed by atoms with Crippen molar-refractivity contribution in [3.8, 4) is 0 Å². The van der Waals surface area contributed by atoms with Gasteiger partial charge in [-0.1, -0.05) is 6.92 Å². The standard InChI is InChI=1S/C16H28BrN3O/c1-11-6-8-16(21-5,9-7-11)14(18-3)10-13-15(17)12(2)19-20(13)4/h11,14,18H,6-10H2,1-5H3. The Morgan fingerprint density at radius 2 is 2.10 bits per heavy atom. The van der Waals surface area contributed by atoms with Gasteiger partial charge in [-0.05, 0) is 61.5 Å². The summed E-state index contributed by atoms with van der Waals surface area (Å²) in [6, 6.07) is 0.307. The molecular formula is C16H28BrN3O. The van der Waals surface area contributed by atoms with Gasteiger partial charge >= 0.3 is 0 Å². The lowest BCUT2D eigenvalue weighted by molar-refractivity contribution is -0.0734. The summed E-state index contributed by atoms with van der Waals surface area (Å²) in [7, 11) is 5.92. The first-order chi connectivity index (χ1) is 9.93. The van der Waals surface area contributed by atoms with Crippen LogP contribution in [0.1, 0.15) is 44.0 Å². The van der Waals surface area contributed by atoms with Crippen LogP contribution in [0.25, 0.3) is 0 Å². The van der Waals surface area contributed by atoms with E-state index >= 15 is 0 Å². The van der Waals surface area contributed by atoms with E-state index in [-0.39, 0.29) is 5.60 Å². The summed E-state index contributed by atoms with van der Waals surface area (Å²) >= 11 is 3.68. The molecule has 0 aliphatic heterocycles. The van der Waals surface area contributed by atoms with Gasteiger partial charge in [0, 0.05) is 26.6 Å². The molecule has 0 saturated heterocycles. The lowest BCUT2D eigenvalue weighted by Crippen LogP contribution is -2.54. The van der Waals surface area contributed by atoms with E-state index in [9.17, 15) is 0 Å². The van der Waals surface area contributed by atoms with Gasteiger partial charge in [0.1, 0.15) is 0 Å². The smallest absolute Gasteiger partial charge is 0.0834 e. The number of nitrogens with zero attached hydrogens (tertiary/aromatic N) is 2. The Kier molecular flexibility index (Phi) is 5.49. The number of likely N-dealkylation sites (N-methyl/N-ethyl adjacent to an activating group) is 1. The van der Waals surface area contributed by atoms with Crippen molar-refractivity contribution in [2.24, 2.45) is 13.0 Å². The fourth-order valence-electron chi connectivity index (χ4n) is 3.59. The number of methoxy groups -OCH3 is 1. The minimum atomic E-state index is -0.0567. The van der Waals surface area contributed by atoms with Crippen LogP contribution in [-0.4, -0.2) is 35.6 Å². The number of hydrogen-bond donors (Lipinski definition) is 1. The van der Waals surface area contributed by atoms with E-state index in [4.69, 9.17) is 4.74 Å². The molecule has 1 saturated carbocycles. The number of ether oxygens (including phenoxy) is 1. The zero-order valence-electron chi connectivity index (χ0n) is 13.9. The first-order valence-electron chi connectivity index (χ1n) is 7.84. The maximum Gasteiger partial charge on any atom is 0.0834 e. The van der Waals surface area contributed by atoms with Crippen LogP contribution in [0.3, 0.4) is 0 Å². The first kappa shape index (κ1) is 17.0. The molecule has 4 nitrogen and oxygen atoms in total. The van der Waals surface area contributed by atoms with E-state index in [0.717, 1.165) is 35.3 Å². The topological polar surface area (TPSA) is 39.1 Å². The molecular weight excluding hydrogens is 330 g/mol. The molecule has 1 atom stereocenters. The highest BCUT2D eigenvalue weighted by atomic mass is 79.9. The van der Waals surface area contributed by atoms with Crippen molar-refractivity contribution in [2.45, 2.75) is 57.6 Å². The second kappa shape index (κ2) is 6.80. The SMILES string of the molecule is CNC(Cc1c(Br)c(C)nn1C)C1(OC)CCC(C)CC1. The number of hydrogen-bond acceptors (Lipinski definition) is 3. The number of rotatable bonds is 5. The normalized spacial score (nSPS) is 27.8. The molecule has 1 aliphatic carbocycles. The van der Waals surface area contributed by atoms with Crippen LogP contribution in [0, 0.1) is 12.8 Å². The van der Waals surface area contributed by atoms with Gasteiger partial charge in [0.2, 0.25) is 0 Å². The predicted octanol–water partition coefficient (Wildman–Crippen LogP) is 3.22. The van der Waals surface area contributed by atoms with Crippen LogP contribution in [-0.2, 0) is 18.2 Å². The van der Waals surface area contributed by atoms with Crippen molar-refractivity contribution in [1.82, 2.24) is 15.1 Å². The molecule has 21 heavy (non-hydrogen) atoms. The summed E-state index contributed by atoms with van der Waals surface area (Å²) in [6.07, 6.45) is 5.68. The molecule has 0 spiro atoms. The van der Waals surface area contributed by atoms with E-state index in [1.54, 1.807) is 0 Å². The van der Waals surface area contributed by atoms with Gasteiger partial charge in [0.25, 0.3) is 0 Å². The van der Waals surface area contributed by atoms with Crippen LogP contribution in [0.2, 0.25) is 0 Å². The van der Waals surface area contributed by atoms with Crippen molar-refractivity contribution in [3.05, 3.63) is 15.9 Å². The van der Waals surface area contributed by atoms with Crippen molar-refractivity contribution in [2.75, 3.05) is 14.2 Å². The van der Waals surface area contributed by atoms with E-state index in [1.807, 2.05) is 32.8 Å². The van der Waals surface area contributed by atoms with Gasteiger partial charge < -0.3 is 10.1 Å². The third kappa shape index (κ3) is 3.35. The quantitative estimate of drug-likeness (QED) is 0.879. The van der Waals surface area contributed by atoms with E-state index in [1.165, 1.54) is 18.5 Å². The Morgan fingerprint density at radius 3 is 2.52 bits per heavy atom. The number of halogens is 1. The van der Waals surface area contributed by atoms with Crippen molar-refractivity contribution in [1.29, 1.82) is 0 Å². The largest absolute Gasteiger partial charge is 0.377 e. The molecule has 1 aromatic heterocycles. The van der Waals surface area contributed by atoms with Crippen LogP contribution in [0.4, 0.5) is 0 Å². The summed E-state index contributed by atoms with van der Waals surface area (Å²) in [5.74, 6) is 0.816. The molecule has 2 rings (SSSR count). The lowest BCUT2D eigenvalue weighted by atomic mass is 9.74. The Balaban J connectivity index is 2.22. The van der Waals surface area contributed by atoms with Gasteiger partial charge in [-0.15, -0.1) is 0 Å². The maximum atomic E-state index is 6.03. The average molecular weight is 358 g/mol. The zero-order valence-corrected chi connectivity index (χ0v) is 15.5. The average Bonchev–Trinajstić information content (AvgIpc) is 2.72. The zero-order chi connectivity index (χ0) is 15.6. The molecule has 0 bridgehead atoms. The highest BCUT2D eigenvalue weighted by Crippen LogP contribution is 2.38. The summed E-state index contributed by atoms with van der Waals surface area (Å²) in [5.41, 5.74) is 2.23. The van der Waals surface area contributed by atoms with Gasteiger partial charge in [-0.25, -0.2) is 0 Å². The highest BCUT2D eigenvalue weighted by Gasteiger charge is 2.41. The minimum absolute atomic E-state index is 0.0567. The molecule has 1 N–H and O–H groups in total. The Morgan fingerprint density at radius 1 is 1.48 bits per heavy atom. The summed E-state index contributed by atoms with van der Waals surface area (Å²) in [5, 5.41) is 8.01. The second-order valence-electron chi connectivity index (χ2n) is 6.47. The van der Waals surface area contributed by atoms with Crippen LogP contribution < -0.4 is 5.32 Å². The van der Waals surface area contributed by atoms with Crippen LogP contribution in [0.15, 0.2) is 4.47 Å². The van der Waals surface area contributed by atoms with Gasteiger partial charge in [-0.3, -0.25) is 4.68 Å². The third-order valence-corrected chi connectivity index (χ3v) is 6.20. The minimum Gasteiger partial charge on any atom is -0.377 e. The van der Waals surface area contributed by atoms with Crippen LogP contribution in [0.5, 0.6) is 0 Å². The first-order valence-corrected chi connectivity index (χ1v) is 8.63. The molecule has 1 aromatic rings. The summed E-state index contributed by atoms with van der Waals surface area (Å²) in [4.78, 5) is 0. The molecule has 1 heterocycles. The molecule has 1 fully saturated rings. The Labute approximate surface area is 136 Å². The molecule has 0 aromatic carbocycles. The summed E-state index contributed by atoms with van der Waals surface area (Å²) in [6.45, 7) is 4.38. The molecule has 1 aliphatic rings. The van der Waals surface area contributed by atoms with E-state index in [2.05, 4.69) is 33.3 Å². The number of nitrogens with one attached hydrogen (secondary N) is 1. The van der Waals surface area contributed by atoms with Crippen molar-refractivity contribution < 1.29 is 4.74 Å². The fourth-order valence-corrected chi connectivity index (χ4v) is 4.09. The van der Waals surface area contributed by atoms with E-state index in [0.29, 0.717) is 6.04 Å². The highest BCUT2D eigenvalue weighted by molar-refractivity contribution is 9.10. The Bertz CT molecular complexity index is 478. The molecule has 1 unspecified atom stereocenters. The van der Waals surface area contributed by atoms with Gasteiger partial charge in [0.15, 0.2) is 0 Å². The fraction of sp³-hybridized carbons (Fsp3) is 0.812.